The third kappa shape index (κ3) is 1.33. The lowest BCUT2D eigenvalue weighted by Crippen LogP contribution is -1.84. The van der Waals surface area contributed by atoms with Crippen LogP contribution in [0.5, 0.6) is 0 Å². The van der Waals surface area contributed by atoms with E-state index in [4.69, 9.17) is 11.6 Å². The first-order chi connectivity index (χ1) is 6.63. The molecule has 0 saturated heterocycles. The zero-order chi connectivity index (χ0) is 10.3. The van der Waals surface area contributed by atoms with E-state index < -0.39 is 0 Å². The van der Waals surface area contributed by atoms with Gasteiger partial charge in [0.15, 0.2) is 5.65 Å². The lowest BCUT2D eigenvalue weighted by Gasteiger charge is -1.97. The van der Waals surface area contributed by atoms with Crippen molar-refractivity contribution in [2.24, 2.45) is 5.18 Å². The van der Waals surface area contributed by atoms with Crippen molar-refractivity contribution in [2.75, 3.05) is 0 Å². The Kier molecular flexibility index (Phi) is 2.28. The molecule has 0 fully saturated rings. The van der Waals surface area contributed by atoms with Crippen LogP contribution in [-0.4, -0.2) is 9.38 Å². The van der Waals surface area contributed by atoms with Crippen molar-refractivity contribution in [2.45, 2.75) is 6.92 Å². The van der Waals surface area contributed by atoms with Crippen molar-refractivity contribution < 1.29 is 0 Å². The van der Waals surface area contributed by atoms with Crippen LogP contribution in [0.15, 0.2) is 21.9 Å². The molecule has 14 heavy (non-hydrogen) atoms. The van der Waals surface area contributed by atoms with Crippen LogP contribution in [0.1, 0.15) is 5.69 Å². The van der Waals surface area contributed by atoms with Crippen molar-refractivity contribution >= 4 is 39.0 Å². The monoisotopic (exact) mass is 273 g/mol. The van der Waals surface area contributed by atoms with Gasteiger partial charge < -0.3 is 0 Å². The third-order valence-electron chi connectivity index (χ3n) is 1.87. The molecule has 0 radical (unpaired) electrons. The number of imidazole rings is 1. The smallest absolute Gasteiger partial charge is 0.204 e. The van der Waals surface area contributed by atoms with Gasteiger partial charge in [0.05, 0.1) is 15.2 Å². The molecule has 6 heteroatoms. The number of hydrogen-bond acceptors (Lipinski definition) is 3. The molecular formula is C8H5BrClN3O. The first-order valence-corrected chi connectivity index (χ1v) is 4.97. The van der Waals surface area contributed by atoms with Gasteiger partial charge in [0.2, 0.25) is 5.82 Å². The van der Waals surface area contributed by atoms with E-state index in [-0.39, 0.29) is 5.82 Å². The molecule has 2 rings (SSSR count). The highest BCUT2D eigenvalue weighted by atomic mass is 79.9. The molecule has 0 N–H and O–H groups in total. The summed E-state index contributed by atoms with van der Waals surface area (Å²) in [6, 6.07) is 1.72. The summed E-state index contributed by atoms with van der Waals surface area (Å²) in [6.07, 6.45) is 1.61. The summed E-state index contributed by atoms with van der Waals surface area (Å²) in [5, 5.41) is 3.43. The molecule has 4 nitrogen and oxygen atoms in total. The van der Waals surface area contributed by atoms with E-state index >= 15 is 0 Å². The summed E-state index contributed by atoms with van der Waals surface area (Å²) in [5.41, 5.74) is 1.23. The second-order valence-electron chi connectivity index (χ2n) is 2.81. The average Bonchev–Trinajstić information content (AvgIpc) is 2.41. The fraction of sp³-hybridized carbons (Fsp3) is 0.125. The molecule has 2 heterocycles. The lowest BCUT2D eigenvalue weighted by atomic mass is 10.5. The van der Waals surface area contributed by atoms with E-state index in [1.54, 1.807) is 23.6 Å². The highest BCUT2D eigenvalue weighted by molar-refractivity contribution is 9.10. The number of rotatable bonds is 1. The molecule has 0 spiro atoms. The van der Waals surface area contributed by atoms with E-state index in [0.717, 1.165) is 4.47 Å². The Morgan fingerprint density at radius 3 is 3.00 bits per heavy atom. The second kappa shape index (κ2) is 3.33. The Balaban J connectivity index is 2.94. The van der Waals surface area contributed by atoms with E-state index in [2.05, 4.69) is 26.1 Å². The summed E-state index contributed by atoms with van der Waals surface area (Å²) in [4.78, 5) is 14.7. The molecule has 0 aliphatic rings. The number of nitrogens with zero attached hydrogens (tertiary/aromatic N) is 3. The fourth-order valence-electron chi connectivity index (χ4n) is 1.28. The largest absolute Gasteiger partial charge is 0.279 e. The van der Waals surface area contributed by atoms with E-state index in [1.807, 2.05) is 0 Å². The van der Waals surface area contributed by atoms with Gasteiger partial charge in [-0.3, -0.25) is 4.40 Å². The van der Waals surface area contributed by atoms with Gasteiger partial charge in [0.1, 0.15) is 0 Å². The molecule has 2 aromatic heterocycles. The van der Waals surface area contributed by atoms with Crippen LogP contribution in [0.3, 0.4) is 0 Å². The zero-order valence-corrected chi connectivity index (χ0v) is 9.50. The van der Waals surface area contributed by atoms with Crippen LogP contribution in [0.25, 0.3) is 5.65 Å². The van der Waals surface area contributed by atoms with Gasteiger partial charge in [-0.15, -0.1) is 4.91 Å². The van der Waals surface area contributed by atoms with Crippen molar-refractivity contribution in [1.82, 2.24) is 9.38 Å². The number of halogens is 2. The predicted octanol–water partition coefficient (Wildman–Crippen LogP) is 3.46. The molecule has 0 atom stereocenters. The van der Waals surface area contributed by atoms with Crippen LogP contribution >= 0.6 is 27.5 Å². The SMILES string of the molecule is Cc1nc2c(Br)cc(Cl)cn2c1N=O. The normalized spacial score (nSPS) is 10.8. The van der Waals surface area contributed by atoms with Crippen LogP contribution in [0, 0.1) is 11.8 Å². The molecule has 0 unspecified atom stereocenters. The topological polar surface area (TPSA) is 46.7 Å². The van der Waals surface area contributed by atoms with Crippen LogP contribution < -0.4 is 0 Å². The highest BCUT2D eigenvalue weighted by Gasteiger charge is 2.11. The molecule has 0 amide bonds. The summed E-state index contributed by atoms with van der Waals surface area (Å²) in [5.74, 6) is 0.281. The van der Waals surface area contributed by atoms with Gasteiger partial charge in [0, 0.05) is 6.20 Å². The maximum absolute atomic E-state index is 10.6. The molecule has 0 aliphatic carbocycles. The minimum Gasteiger partial charge on any atom is -0.279 e. The molecular weight excluding hydrogens is 269 g/mol. The fourth-order valence-corrected chi connectivity index (χ4v) is 2.15. The van der Waals surface area contributed by atoms with E-state index in [0.29, 0.717) is 16.4 Å². The van der Waals surface area contributed by atoms with Crippen molar-refractivity contribution in [3.8, 4) is 0 Å². The molecule has 0 saturated carbocycles. The van der Waals surface area contributed by atoms with Crippen molar-refractivity contribution in [3.05, 3.63) is 32.4 Å². The van der Waals surface area contributed by atoms with Crippen LogP contribution in [0.2, 0.25) is 5.02 Å². The summed E-state index contributed by atoms with van der Waals surface area (Å²) in [7, 11) is 0. The van der Waals surface area contributed by atoms with Crippen LogP contribution in [0.4, 0.5) is 5.82 Å². The number of aromatic nitrogens is 2. The third-order valence-corrected chi connectivity index (χ3v) is 2.66. The Hall–Kier alpha value is -0.940. The zero-order valence-electron chi connectivity index (χ0n) is 7.16. The molecule has 0 aromatic carbocycles. The van der Waals surface area contributed by atoms with Gasteiger partial charge in [-0.25, -0.2) is 4.98 Å². The summed E-state index contributed by atoms with van der Waals surface area (Å²) < 4.78 is 2.30. The summed E-state index contributed by atoms with van der Waals surface area (Å²) >= 11 is 9.15. The van der Waals surface area contributed by atoms with Gasteiger partial charge in [-0.2, -0.15) is 0 Å². The Morgan fingerprint density at radius 1 is 1.64 bits per heavy atom. The average molecular weight is 275 g/mol. The van der Waals surface area contributed by atoms with Crippen molar-refractivity contribution in [3.63, 3.8) is 0 Å². The maximum atomic E-state index is 10.6. The number of aryl methyl sites for hydroxylation is 1. The first-order valence-electron chi connectivity index (χ1n) is 3.80. The predicted molar refractivity (Wildman–Crippen MR) is 58.1 cm³/mol. The van der Waals surface area contributed by atoms with Gasteiger partial charge >= 0.3 is 0 Å². The number of nitroso groups, excluding NO2 is 1. The Bertz CT molecular complexity index is 523. The van der Waals surface area contributed by atoms with E-state index in [9.17, 15) is 4.91 Å². The number of pyridine rings is 1. The molecule has 0 aliphatic heterocycles. The van der Waals surface area contributed by atoms with Gasteiger partial charge in [0.25, 0.3) is 0 Å². The maximum Gasteiger partial charge on any atom is 0.204 e. The standard InChI is InChI=1S/C8H5BrClN3O/c1-4-7(12-14)13-3-5(10)2-6(9)8(13)11-4/h2-3H,1H3. The Labute approximate surface area is 93.0 Å². The van der Waals surface area contributed by atoms with Crippen LogP contribution in [-0.2, 0) is 0 Å². The van der Waals surface area contributed by atoms with Crippen molar-refractivity contribution in [1.29, 1.82) is 0 Å². The molecule has 2 aromatic rings. The van der Waals surface area contributed by atoms with Gasteiger partial charge in [-0.05, 0) is 34.1 Å². The summed E-state index contributed by atoms with van der Waals surface area (Å²) in [6.45, 7) is 1.73. The second-order valence-corrected chi connectivity index (χ2v) is 4.10. The number of hydrogen-bond donors (Lipinski definition) is 0. The molecule has 0 bridgehead atoms. The quantitative estimate of drug-likeness (QED) is 0.748. The molecule has 72 valence electrons. The highest BCUT2D eigenvalue weighted by Crippen LogP contribution is 2.28. The van der Waals surface area contributed by atoms with E-state index in [1.165, 1.54) is 0 Å². The number of fused-ring (bicyclic) bond motifs is 1. The minimum absolute atomic E-state index is 0.281. The minimum atomic E-state index is 0.281. The van der Waals surface area contributed by atoms with Gasteiger partial charge in [-0.1, -0.05) is 11.6 Å². The first kappa shape index (κ1) is 9.61. The Morgan fingerprint density at radius 2 is 2.36 bits per heavy atom. The lowest BCUT2D eigenvalue weighted by molar-refractivity contribution is 1.15.